The number of nitrogens with zero attached hydrogens (tertiary/aromatic N) is 1. The molecule has 2 bridgehead atoms. The van der Waals surface area contributed by atoms with Crippen LogP contribution in [-0.2, 0) is 15.8 Å². The number of carbonyl (C=O) groups is 2. The van der Waals surface area contributed by atoms with E-state index in [2.05, 4.69) is 15.6 Å². The molecule has 1 aromatic rings. The van der Waals surface area contributed by atoms with Crippen LogP contribution in [0.5, 0.6) is 0 Å². The lowest BCUT2D eigenvalue weighted by Gasteiger charge is -2.36. The normalized spacial score (nSPS) is 25.2. The first kappa shape index (κ1) is 19.9. The van der Waals surface area contributed by atoms with E-state index in [9.17, 15) is 22.8 Å². The minimum atomic E-state index is -4.50. The van der Waals surface area contributed by atoms with Crippen molar-refractivity contribution in [3.63, 3.8) is 0 Å². The Hall–Kier alpha value is -1.83. The Morgan fingerprint density at radius 1 is 1.22 bits per heavy atom. The lowest BCUT2D eigenvalue weighted by molar-refractivity contribution is -0.138. The Bertz CT molecular complexity index is 710. The smallest absolute Gasteiger partial charge is 0.367 e. The summed E-state index contributed by atoms with van der Waals surface area (Å²) in [7, 11) is 0. The van der Waals surface area contributed by atoms with E-state index in [1.807, 2.05) is 0 Å². The largest absolute Gasteiger partial charge is 0.417 e. The second-order valence-corrected chi connectivity index (χ2v) is 7.57. The molecule has 2 aliphatic rings. The molecule has 1 unspecified atom stereocenters. The van der Waals surface area contributed by atoms with Gasteiger partial charge in [0.1, 0.15) is 11.6 Å². The summed E-state index contributed by atoms with van der Waals surface area (Å²) in [6, 6.07) is 0.813. The highest BCUT2D eigenvalue weighted by Crippen LogP contribution is 2.40. The number of alkyl halides is 3. The lowest BCUT2D eigenvalue weighted by Crippen LogP contribution is -2.43. The molecular formula is C18H21ClF3N3O2. The van der Waals surface area contributed by atoms with Crippen LogP contribution in [0.3, 0.4) is 0 Å². The summed E-state index contributed by atoms with van der Waals surface area (Å²) in [6.07, 6.45) is 0.243. The molecule has 2 N–H and O–H groups in total. The third-order valence-electron chi connectivity index (χ3n) is 5.30. The molecule has 1 heterocycles. The van der Waals surface area contributed by atoms with Crippen molar-refractivity contribution < 1.29 is 22.8 Å². The van der Waals surface area contributed by atoms with Gasteiger partial charge < -0.3 is 10.6 Å². The van der Waals surface area contributed by atoms with Gasteiger partial charge in [0.25, 0.3) is 0 Å². The van der Waals surface area contributed by atoms with E-state index in [4.69, 9.17) is 11.6 Å². The molecule has 9 heteroatoms. The van der Waals surface area contributed by atoms with Gasteiger partial charge in [0.05, 0.1) is 10.6 Å². The van der Waals surface area contributed by atoms with Gasteiger partial charge in [0.15, 0.2) is 0 Å². The molecule has 2 fully saturated rings. The van der Waals surface area contributed by atoms with Crippen LogP contribution in [0.15, 0.2) is 12.3 Å². The molecule has 0 saturated heterocycles. The number of nitrogens with one attached hydrogen (secondary N) is 2. The average molecular weight is 404 g/mol. The first-order chi connectivity index (χ1) is 12.8. The number of ketones is 1. The topological polar surface area (TPSA) is 71.1 Å². The lowest BCUT2D eigenvalue weighted by atomic mass is 9.67. The van der Waals surface area contributed by atoms with Gasteiger partial charge in [-0.15, -0.1) is 0 Å². The van der Waals surface area contributed by atoms with Crippen LogP contribution in [0.4, 0.5) is 19.0 Å². The van der Waals surface area contributed by atoms with Crippen molar-refractivity contribution in [1.29, 1.82) is 0 Å². The molecule has 0 aliphatic heterocycles. The molecule has 0 spiro atoms. The fourth-order valence-electron chi connectivity index (χ4n) is 3.93. The van der Waals surface area contributed by atoms with Crippen LogP contribution in [0.2, 0.25) is 5.02 Å². The minimum Gasteiger partial charge on any atom is -0.367 e. The SMILES string of the molecule is O=C(NCCNc1ncc(C(F)(F)F)cc1Cl)C1C[C@H]2CCC[C@@H](C1)C2=O. The van der Waals surface area contributed by atoms with Crippen molar-refractivity contribution in [1.82, 2.24) is 10.3 Å². The Balaban J connectivity index is 1.45. The summed E-state index contributed by atoms with van der Waals surface area (Å²) >= 11 is 5.82. The summed E-state index contributed by atoms with van der Waals surface area (Å²) in [5, 5.41) is 5.51. The van der Waals surface area contributed by atoms with Crippen LogP contribution in [0, 0.1) is 17.8 Å². The number of rotatable bonds is 5. The second kappa shape index (κ2) is 8.04. The molecule has 1 aromatic heterocycles. The van der Waals surface area contributed by atoms with Crippen LogP contribution in [0.1, 0.15) is 37.7 Å². The molecule has 3 rings (SSSR count). The van der Waals surface area contributed by atoms with Crippen LogP contribution >= 0.6 is 11.6 Å². The molecule has 1 amide bonds. The van der Waals surface area contributed by atoms with E-state index in [0.29, 0.717) is 24.8 Å². The summed E-state index contributed by atoms with van der Waals surface area (Å²) < 4.78 is 37.8. The zero-order chi connectivity index (χ0) is 19.6. The Kier molecular flexibility index (Phi) is 5.93. The van der Waals surface area contributed by atoms with Crippen molar-refractivity contribution in [3.05, 3.63) is 22.8 Å². The zero-order valence-electron chi connectivity index (χ0n) is 14.6. The van der Waals surface area contributed by atoms with Crippen molar-refractivity contribution >= 4 is 29.1 Å². The summed E-state index contributed by atoms with van der Waals surface area (Å²) in [4.78, 5) is 28.1. The maximum atomic E-state index is 12.6. The molecule has 5 nitrogen and oxygen atoms in total. The number of amides is 1. The molecule has 0 aromatic carbocycles. The fraction of sp³-hybridized carbons (Fsp3) is 0.611. The second-order valence-electron chi connectivity index (χ2n) is 7.17. The molecule has 2 saturated carbocycles. The molecular weight excluding hydrogens is 383 g/mol. The highest BCUT2D eigenvalue weighted by atomic mass is 35.5. The Morgan fingerprint density at radius 3 is 2.48 bits per heavy atom. The highest BCUT2D eigenvalue weighted by molar-refractivity contribution is 6.32. The number of aromatic nitrogens is 1. The maximum absolute atomic E-state index is 12.6. The van der Waals surface area contributed by atoms with Crippen molar-refractivity contribution in [2.24, 2.45) is 17.8 Å². The van der Waals surface area contributed by atoms with Gasteiger partial charge >= 0.3 is 6.18 Å². The number of anilines is 1. The van der Waals surface area contributed by atoms with Crippen molar-refractivity contribution in [2.75, 3.05) is 18.4 Å². The van der Waals surface area contributed by atoms with Crippen LogP contribution in [0.25, 0.3) is 0 Å². The van der Waals surface area contributed by atoms with Gasteiger partial charge in [-0.05, 0) is 31.7 Å². The quantitative estimate of drug-likeness (QED) is 0.736. The third kappa shape index (κ3) is 4.72. The number of hydrogen-bond donors (Lipinski definition) is 2. The van der Waals surface area contributed by atoms with E-state index in [1.54, 1.807) is 0 Å². The summed E-state index contributed by atoms with van der Waals surface area (Å²) in [6.45, 7) is 0.569. The number of fused-ring (bicyclic) bond motifs is 2. The van der Waals surface area contributed by atoms with Crippen LogP contribution in [-0.4, -0.2) is 29.8 Å². The minimum absolute atomic E-state index is 0.0153. The number of pyridine rings is 1. The van der Waals surface area contributed by atoms with E-state index in [-0.39, 0.29) is 47.6 Å². The zero-order valence-corrected chi connectivity index (χ0v) is 15.4. The molecule has 3 atom stereocenters. The molecule has 27 heavy (non-hydrogen) atoms. The van der Waals surface area contributed by atoms with E-state index >= 15 is 0 Å². The molecule has 0 radical (unpaired) electrons. The number of Topliss-reactive ketones (excluding diaryl/α,β-unsaturated/α-hetero) is 1. The van der Waals surface area contributed by atoms with Gasteiger partial charge in [0, 0.05) is 37.0 Å². The predicted molar refractivity (Wildman–Crippen MR) is 94.3 cm³/mol. The van der Waals surface area contributed by atoms with Gasteiger partial charge in [-0.2, -0.15) is 13.2 Å². The number of carbonyl (C=O) groups excluding carboxylic acids is 2. The third-order valence-corrected chi connectivity index (χ3v) is 5.59. The van der Waals surface area contributed by atoms with E-state index < -0.39 is 11.7 Å². The van der Waals surface area contributed by atoms with E-state index in [1.165, 1.54) is 0 Å². The first-order valence-electron chi connectivity index (χ1n) is 9.03. The van der Waals surface area contributed by atoms with Gasteiger partial charge in [0.2, 0.25) is 5.91 Å². The van der Waals surface area contributed by atoms with Crippen molar-refractivity contribution in [2.45, 2.75) is 38.3 Å². The number of halogens is 4. The fourth-order valence-corrected chi connectivity index (χ4v) is 4.16. The van der Waals surface area contributed by atoms with Gasteiger partial charge in [-0.1, -0.05) is 18.0 Å². The number of hydrogen-bond acceptors (Lipinski definition) is 4. The maximum Gasteiger partial charge on any atom is 0.417 e. The first-order valence-corrected chi connectivity index (χ1v) is 9.41. The highest BCUT2D eigenvalue weighted by Gasteiger charge is 2.41. The van der Waals surface area contributed by atoms with Gasteiger partial charge in [-0.25, -0.2) is 4.98 Å². The summed E-state index contributed by atoms with van der Waals surface area (Å²) in [5.74, 6) is 0.258. The predicted octanol–water partition coefficient (Wildman–Crippen LogP) is 3.68. The van der Waals surface area contributed by atoms with E-state index in [0.717, 1.165) is 25.3 Å². The molecule has 148 valence electrons. The average Bonchev–Trinajstić information content (AvgIpc) is 2.58. The Morgan fingerprint density at radius 2 is 1.89 bits per heavy atom. The standard InChI is InChI=1S/C18H21ClF3N3O2/c19-14-8-13(18(20,21)22)9-25-16(14)23-4-5-24-17(27)12-6-10-2-1-3-11(7-12)15(10)26/h8-12H,1-7H2,(H,23,25)(H,24,27)/t10-,11+,12?. The van der Waals surface area contributed by atoms with Crippen molar-refractivity contribution in [3.8, 4) is 0 Å². The Labute approximate surface area is 160 Å². The molecule has 2 aliphatic carbocycles. The van der Waals surface area contributed by atoms with Gasteiger partial charge in [-0.3, -0.25) is 9.59 Å². The monoisotopic (exact) mass is 403 g/mol. The summed E-state index contributed by atoms with van der Waals surface area (Å²) in [5.41, 5.74) is -0.913. The van der Waals surface area contributed by atoms with Crippen LogP contribution < -0.4 is 10.6 Å².